The smallest absolute Gasteiger partial charge is 0.356 e. The first kappa shape index (κ1) is 14.2. The molecule has 5 heteroatoms. The maximum absolute atomic E-state index is 11.3. The lowest BCUT2D eigenvalue weighted by molar-refractivity contribution is 0.0594. The van der Waals surface area contributed by atoms with Crippen LogP contribution < -0.4 is 5.32 Å². The predicted molar refractivity (Wildman–Crippen MR) is 69.7 cm³/mol. The van der Waals surface area contributed by atoms with E-state index in [1.165, 1.54) is 7.11 Å². The Hall–Kier alpha value is -1.88. The Morgan fingerprint density at radius 1 is 1.56 bits per heavy atom. The van der Waals surface area contributed by atoms with E-state index in [9.17, 15) is 4.79 Å². The van der Waals surface area contributed by atoms with Crippen molar-refractivity contribution in [1.82, 2.24) is 4.98 Å². The summed E-state index contributed by atoms with van der Waals surface area (Å²) < 4.78 is 9.94. The molecular weight excluding hydrogens is 232 g/mol. The number of methoxy groups -OCH3 is 1. The van der Waals surface area contributed by atoms with Gasteiger partial charge in [-0.25, -0.2) is 9.78 Å². The number of carbonyl (C=O) groups is 1. The normalized spacial score (nSPS) is 9.89. The highest BCUT2D eigenvalue weighted by molar-refractivity contribution is 5.88. The maximum atomic E-state index is 11.3. The van der Waals surface area contributed by atoms with Gasteiger partial charge in [0.25, 0.3) is 0 Å². The molecule has 1 heterocycles. The molecule has 5 nitrogen and oxygen atoms in total. The van der Waals surface area contributed by atoms with Crippen LogP contribution in [0.5, 0.6) is 0 Å². The molecule has 0 aliphatic carbocycles. The summed E-state index contributed by atoms with van der Waals surface area (Å²) in [6.45, 7) is 7.45. The van der Waals surface area contributed by atoms with Gasteiger partial charge >= 0.3 is 5.97 Å². The molecule has 0 radical (unpaired) electrons. The van der Waals surface area contributed by atoms with Gasteiger partial charge in [-0.1, -0.05) is 12.2 Å². The molecule has 1 aromatic heterocycles. The maximum Gasteiger partial charge on any atom is 0.356 e. The topological polar surface area (TPSA) is 60.5 Å². The first-order chi connectivity index (χ1) is 8.63. The van der Waals surface area contributed by atoms with Crippen molar-refractivity contribution in [2.24, 2.45) is 0 Å². The Balaban J connectivity index is 2.38. The van der Waals surface area contributed by atoms with E-state index >= 15 is 0 Å². The van der Waals surface area contributed by atoms with E-state index in [4.69, 9.17) is 4.74 Å². The van der Waals surface area contributed by atoms with Crippen molar-refractivity contribution in [3.05, 3.63) is 36.2 Å². The average Bonchev–Trinajstić information content (AvgIpc) is 2.37. The van der Waals surface area contributed by atoms with Crippen molar-refractivity contribution < 1.29 is 14.3 Å². The first-order valence-electron chi connectivity index (χ1n) is 5.64. The van der Waals surface area contributed by atoms with Gasteiger partial charge in [-0.3, -0.25) is 0 Å². The highest BCUT2D eigenvalue weighted by Crippen LogP contribution is 2.08. The number of pyridine rings is 1. The van der Waals surface area contributed by atoms with Gasteiger partial charge in [0.2, 0.25) is 0 Å². The number of nitrogens with zero attached hydrogens (tertiary/aromatic N) is 1. The van der Waals surface area contributed by atoms with Crippen LogP contribution in [0.4, 0.5) is 5.69 Å². The van der Waals surface area contributed by atoms with Crippen LogP contribution in [0.1, 0.15) is 17.4 Å². The molecule has 0 saturated carbocycles. The fourth-order valence-electron chi connectivity index (χ4n) is 1.27. The summed E-state index contributed by atoms with van der Waals surface area (Å²) in [5, 5.41) is 3.14. The number of rotatable bonds is 7. The van der Waals surface area contributed by atoms with Crippen LogP contribution in [0, 0.1) is 0 Å². The lowest BCUT2D eigenvalue weighted by Crippen LogP contribution is -2.11. The molecular formula is C13H18N2O3. The van der Waals surface area contributed by atoms with Gasteiger partial charge in [0.05, 0.1) is 20.3 Å². The van der Waals surface area contributed by atoms with Crippen LogP contribution >= 0.6 is 0 Å². The summed E-state index contributed by atoms with van der Waals surface area (Å²) in [5.41, 5.74) is 2.08. The largest absolute Gasteiger partial charge is 0.464 e. The Bertz CT molecular complexity index is 418. The van der Waals surface area contributed by atoms with E-state index in [2.05, 4.69) is 21.6 Å². The number of ether oxygens (including phenoxy) is 2. The lowest BCUT2D eigenvalue weighted by Gasteiger charge is -2.08. The molecule has 0 saturated heterocycles. The number of aromatic nitrogens is 1. The summed E-state index contributed by atoms with van der Waals surface area (Å²) >= 11 is 0. The second-order valence-corrected chi connectivity index (χ2v) is 3.86. The molecule has 98 valence electrons. The number of hydrogen-bond donors (Lipinski definition) is 1. The van der Waals surface area contributed by atoms with Crippen molar-refractivity contribution in [2.45, 2.75) is 6.92 Å². The Morgan fingerprint density at radius 3 is 3.00 bits per heavy atom. The summed E-state index contributed by atoms with van der Waals surface area (Å²) in [6.07, 6.45) is 1.56. The van der Waals surface area contributed by atoms with Gasteiger partial charge in [0.1, 0.15) is 5.69 Å². The van der Waals surface area contributed by atoms with E-state index in [1.54, 1.807) is 18.3 Å². The zero-order valence-electron chi connectivity index (χ0n) is 10.7. The average molecular weight is 250 g/mol. The SMILES string of the molecule is C=C(C)COCCNc1ccnc(C(=O)OC)c1. The van der Waals surface area contributed by atoms with Crippen molar-refractivity contribution in [3.63, 3.8) is 0 Å². The van der Waals surface area contributed by atoms with E-state index in [-0.39, 0.29) is 5.69 Å². The third kappa shape index (κ3) is 4.97. The highest BCUT2D eigenvalue weighted by Gasteiger charge is 2.06. The highest BCUT2D eigenvalue weighted by atomic mass is 16.5. The third-order valence-electron chi connectivity index (χ3n) is 2.08. The van der Waals surface area contributed by atoms with Gasteiger partial charge < -0.3 is 14.8 Å². The van der Waals surface area contributed by atoms with E-state index < -0.39 is 5.97 Å². The molecule has 0 fully saturated rings. The molecule has 1 aromatic rings. The van der Waals surface area contributed by atoms with Crippen molar-refractivity contribution in [1.29, 1.82) is 0 Å². The number of esters is 1. The number of hydrogen-bond acceptors (Lipinski definition) is 5. The zero-order valence-corrected chi connectivity index (χ0v) is 10.7. The van der Waals surface area contributed by atoms with E-state index in [1.807, 2.05) is 6.92 Å². The lowest BCUT2D eigenvalue weighted by atomic mass is 10.3. The summed E-state index contributed by atoms with van der Waals surface area (Å²) in [7, 11) is 1.33. The standard InChI is InChI=1S/C13H18N2O3/c1-10(2)9-18-7-6-14-11-4-5-15-12(8-11)13(16)17-3/h4-5,8H,1,6-7,9H2,2-3H3,(H,14,15). The van der Waals surface area contributed by atoms with E-state index in [0.717, 1.165) is 11.3 Å². The van der Waals surface area contributed by atoms with Crippen molar-refractivity contribution in [2.75, 3.05) is 32.2 Å². The minimum absolute atomic E-state index is 0.283. The zero-order chi connectivity index (χ0) is 13.4. The fraction of sp³-hybridized carbons (Fsp3) is 0.385. The van der Waals surface area contributed by atoms with Gasteiger partial charge in [0, 0.05) is 18.4 Å². The van der Waals surface area contributed by atoms with Crippen LogP contribution in [0.15, 0.2) is 30.5 Å². The van der Waals surface area contributed by atoms with Crippen LogP contribution in [-0.2, 0) is 9.47 Å². The second kappa shape index (κ2) is 7.45. The predicted octanol–water partition coefficient (Wildman–Crippen LogP) is 1.87. The molecule has 18 heavy (non-hydrogen) atoms. The minimum Gasteiger partial charge on any atom is -0.464 e. The van der Waals surface area contributed by atoms with Gasteiger partial charge in [-0.2, -0.15) is 0 Å². The Kier molecular flexibility index (Phi) is 5.87. The van der Waals surface area contributed by atoms with Crippen molar-refractivity contribution >= 4 is 11.7 Å². The van der Waals surface area contributed by atoms with Crippen LogP contribution in [-0.4, -0.2) is 37.8 Å². The third-order valence-corrected chi connectivity index (χ3v) is 2.08. The first-order valence-corrected chi connectivity index (χ1v) is 5.64. The monoisotopic (exact) mass is 250 g/mol. The summed E-state index contributed by atoms with van der Waals surface area (Å²) in [4.78, 5) is 15.2. The Labute approximate surface area is 107 Å². The molecule has 0 spiro atoms. The quantitative estimate of drug-likeness (QED) is 0.455. The van der Waals surface area contributed by atoms with Gasteiger partial charge in [-0.15, -0.1) is 0 Å². The van der Waals surface area contributed by atoms with Crippen LogP contribution in [0.25, 0.3) is 0 Å². The van der Waals surface area contributed by atoms with Gasteiger partial charge in [0.15, 0.2) is 0 Å². The van der Waals surface area contributed by atoms with Crippen LogP contribution in [0.2, 0.25) is 0 Å². The number of anilines is 1. The molecule has 1 N–H and O–H groups in total. The number of carbonyl (C=O) groups excluding carboxylic acids is 1. The van der Waals surface area contributed by atoms with E-state index in [0.29, 0.717) is 19.8 Å². The van der Waals surface area contributed by atoms with Crippen molar-refractivity contribution in [3.8, 4) is 0 Å². The molecule has 0 aromatic carbocycles. The molecule has 1 rings (SSSR count). The molecule has 0 aliphatic rings. The molecule has 0 bridgehead atoms. The van der Waals surface area contributed by atoms with Crippen LogP contribution in [0.3, 0.4) is 0 Å². The molecule has 0 amide bonds. The minimum atomic E-state index is -0.447. The molecule has 0 atom stereocenters. The van der Waals surface area contributed by atoms with Gasteiger partial charge in [-0.05, 0) is 19.1 Å². The molecule has 0 aliphatic heterocycles. The second-order valence-electron chi connectivity index (χ2n) is 3.86. The summed E-state index contributed by atoms with van der Waals surface area (Å²) in [6, 6.07) is 3.43. The fourth-order valence-corrected chi connectivity index (χ4v) is 1.27. The number of nitrogens with one attached hydrogen (secondary N) is 1. The summed E-state index contributed by atoms with van der Waals surface area (Å²) in [5.74, 6) is -0.447. The Morgan fingerprint density at radius 2 is 2.33 bits per heavy atom. The molecule has 0 unspecified atom stereocenters.